The Bertz CT molecular complexity index is 767. The molecule has 0 radical (unpaired) electrons. The van der Waals surface area contributed by atoms with Crippen LogP contribution in [0.3, 0.4) is 0 Å². The zero-order valence-corrected chi connectivity index (χ0v) is 15.8. The third kappa shape index (κ3) is 4.42. The highest BCUT2D eigenvalue weighted by Gasteiger charge is 2.20. The van der Waals surface area contributed by atoms with Crippen LogP contribution < -0.4 is 19.5 Å². The van der Waals surface area contributed by atoms with Crippen molar-refractivity contribution >= 4 is 21.8 Å². The lowest BCUT2D eigenvalue weighted by atomic mass is 10.1. The predicted molar refractivity (Wildman–Crippen MR) is 96.2 cm³/mol. The van der Waals surface area contributed by atoms with Gasteiger partial charge in [-0.15, -0.1) is 0 Å². The van der Waals surface area contributed by atoms with Crippen LogP contribution in [0, 0.1) is 5.82 Å². The molecule has 25 heavy (non-hydrogen) atoms. The van der Waals surface area contributed by atoms with Gasteiger partial charge >= 0.3 is 0 Å². The fourth-order valence-corrected chi connectivity index (χ4v) is 2.82. The van der Waals surface area contributed by atoms with E-state index in [1.54, 1.807) is 24.3 Å². The molecule has 0 spiro atoms. The Morgan fingerprint density at radius 2 is 1.80 bits per heavy atom. The smallest absolute Gasteiger partial charge is 0.255 e. The van der Waals surface area contributed by atoms with Crippen LogP contribution in [-0.4, -0.2) is 33.8 Å². The molecule has 2 aromatic rings. The molecule has 0 saturated heterocycles. The Balaban J connectivity index is 2.09. The Kier molecular flexibility index (Phi) is 6.64. The van der Waals surface area contributed by atoms with Crippen molar-refractivity contribution in [2.45, 2.75) is 6.42 Å². The minimum absolute atomic E-state index is 0.293. The first-order chi connectivity index (χ1) is 12.0. The van der Waals surface area contributed by atoms with Crippen molar-refractivity contribution in [3.63, 3.8) is 0 Å². The van der Waals surface area contributed by atoms with E-state index in [1.165, 1.54) is 27.4 Å². The zero-order valence-electron chi connectivity index (χ0n) is 14.2. The van der Waals surface area contributed by atoms with Gasteiger partial charge in [-0.05, 0) is 52.2 Å². The summed E-state index contributed by atoms with van der Waals surface area (Å²) in [6.07, 6.45) is 0.570. The molecule has 0 saturated carbocycles. The van der Waals surface area contributed by atoms with Crippen LogP contribution in [0.5, 0.6) is 17.2 Å². The van der Waals surface area contributed by atoms with Crippen molar-refractivity contribution in [1.29, 1.82) is 0 Å². The molecule has 7 heteroatoms. The van der Waals surface area contributed by atoms with Crippen LogP contribution in [0.4, 0.5) is 4.39 Å². The van der Waals surface area contributed by atoms with E-state index in [4.69, 9.17) is 14.2 Å². The van der Waals surface area contributed by atoms with Crippen LogP contribution in [0.1, 0.15) is 15.9 Å². The minimum atomic E-state index is -0.317. The molecule has 0 fully saturated rings. The molecule has 0 heterocycles. The molecule has 0 aliphatic heterocycles. The van der Waals surface area contributed by atoms with E-state index in [0.29, 0.717) is 40.3 Å². The fraction of sp³-hybridized carbons (Fsp3) is 0.278. The van der Waals surface area contributed by atoms with Crippen molar-refractivity contribution in [2.24, 2.45) is 0 Å². The lowest BCUT2D eigenvalue weighted by Crippen LogP contribution is -2.26. The van der Waals surface area contributed by atoms with E-state index < -0.39 is 0 Å². The van der Waals surface area contributed by atoms with Crippen molar-refractivity contribution in [3.05, 3.63) is 51.7 Å². The van der Waals surface area contributed by atoms with Gasteiger partial charge in [0, 0.05) is 6.54 Å². The molecule has 0 aliphatic carbocycles. The Morgan fingerprint density at radius 1 is 1.08 bits per heavy atom. The quantitative estimate of drug-likeness (QED) is 0.756. The molecule has 0 aromatic heterocycles. The van der Waals surface area contributed by atoms with Crippen LogP contribution in [0.15, 0.2) is 34.8 Å². The monoisotopic (exact) mass is 411 g/mol. The summed E-state index contributed by atoms with van der Waals surface area (Å²) in [7, 11) is 4.45. The maximum atomic E-state index is 13.2. The molecule has 2 rings (SSSR count). The standard InChI is InChI=1S/C18H19BrFNO4/c1-23-15-7-5-12(16(24-2)17(15)25-3)18(22)21-9-8-11-4-6-14(20)13(19)10-11/h4-7,10H,8-9H2,1-3H3,(H,21,22). The highest BCUT2D eigenvalue weighted by atomic mass is 79.9. The Labute approximate surface area is 154 Å². The summed E-state index contributed by atoms with van der Waals surface area (Å²) >= 11 is 3.15. The van der Waals surface area contributed by atoms with Gasteiger partial charge in [0.2, 0.25) is 5.75 Å². The van der Waals surface area contributed by atoms with Crippen molar-refractivity contribution in [2.75, 3.05) is 27.9 Å². The molecule has 134 valence electrons. The number of carbonyl (C=O) groups is 1. The van der Waals surface area contributed by atoms with Gasteiger partial charge in [0.15, 0.2) is 11.5 Å². The van der Waals surface area contributed by atoms with E-state index in [0.717, 1.165) is 5.56 Å². The number of rotatable bonds is 7. The van der Waals surface area contributed by atoms with Gasteiger partial charge in [-0.25, -0.2) is 4.39 Å². The largest absolute Gasteiger partial charge is 0.493 e. The number of methoxy groups -OCH3 is 3. The third-order valence-corrected chi connectivity index (χ3v) is 4.24. The molecule has 5 nitrogen and oxygen atoms in total. The minimum Gasteiger partial charge on any atom is -0.493 e. The van der Waals surface area contributed by atoms with Crippen LogP contribution >= 0.6 is 15.9 Å². The SMILES string of the molecule is COc1ccc(C(=O)NCCc2ccc(F)c(Br)c2)c(OC)c1OC. The van der Waals surface area contributed by atoms with Crippen molar-refractivity contribution in [1.82, 2.24) is 5.32 Å². The average molecular weight is 412 g/mol. The summed E-state index contributed by atoms with van der Waals surface area (Å²) in [5.74, 6) is 0.540. The summed E-state index contributed by atoms with van der Waals surface area (Å²) in [4.78, 5) is 12.4. The fourth-order valence-electron chi connectivity index (χ4n) is 2.39. The van der Waals surface area contributed by atoms with Gasteiger partial charge in [-0.2, -0.15) is 0 Å². The number of ether oxygens (including phenoxy) is 3. The molecule has 1 amide bonds. The number of hydrogen-bond acceptors (Lipinski definition) is 4. The van der Waals surface area contributed by atoms with E-state index in [9.17, 15) is 9.18 Å². The maximum absolute atomic E-state index is 13.2. The first-order valence-electron chi connectivity index (χ1n) is 7.53. The van der Waals surface area contributed by atoms with Crippen LogP contribution in [0.2, 0.25) is 0 Å². The number of carbonyl (C=O) groups excluding carboxylic acids is 1. The van der Waals surface area contributed by atoms with Gasteiger partial charge in [0.1, 0.15) is 5.82 Å². The Hall–Kier alpha value is -2.28. The number of amides is 1. The van der Waals surface area contributed by atoms with E-state index in [1.807, 2.05) is 0 Å². The average Bonchev–Trinajstić information content (AvgIpc) is 2.62. The highest BCUT2D eigenvalue weighted by molar-refractivity contribution is 9.10. The number of hydrogen-bond donors (Lipinski definition) is 1. The zero-order chi connectivity index (χ0) is 18.4. The molecule has 0 atom stereocenters. The summed E-state index contributed by atoms with van der Waals surface area (Å²) in [5, 5.41) is 2.82. The lowest BCUT2D eigenvalue weighted by Gasteiger charge is -2.15. The van der Waals surface area contributed by atoms with Crippen LogP contribution in [-0.2, 0) is 6.42 Å². The summed E-state index contributed by atoms with van der Waals surface area (Å²) < 4.78 is 29.4. The number of benzene rings is 2. The topological polar surface area (TPSA) is 56.8 Å². The van der Waals surface area contributed by atoms with Gasteiger partial charge in [-0.1, -0.05) is 6.07 Å². The van der Waals surface area contributed by atoms with Crippen LogP contribution in [0.25, 0.3) is 0 Å². The van der Waals surface area contributed by atoms with E-state index >= 15 is 0 Å². The molecule has 0 bridgehead atoms. The Morgan fingerprint density at radius 3 is 2.40 bits per heavy atom. The molecular formula is C18H19BrFNO4. The molecule has 0 aliphatic rings. The number of nitrogens with one attached hydrogen (secondary N) is 1. The van der Waals surface area contributed by atoms with Gasteiger partial charge in [-0.3, -0.25) is 4.79 Å². The van der Waals surface area contributed by atoms with Gasteiger partial charge in [0.05, 0.1) is 31.4 Å². The normalized spacial score (nSPS) is 10.3. The summed E-state index contributed by atoms with van der Waals surface area (Å²) in [5.41, 5.74) is 1.26. The summed E-state index contributed by atoms with van der Waals surface area (Å²) in [6, 6.07) is 8.03. The first kappa shape index (κ1) is 19.1. The first-order valence-corrected chi connectivity index (χ1v) is 8.32. The number of halogens is 2. The van der Waals surface area contributed by atoms with Gasteiger partial charge in [0.25, 0.3) is 5.91 Å². The molecule has 1 N–H and O–H groups in total. The second-order valence-corrected chi connectivity index (χ2v) is 5.99. The molecular weight excluding hydrogens is 393 g/mol. The van der Waals surface area contributed by atoms with Crippen molar-refractivity contribution < 1.29 is 23.4 Å². The molecule has 2 aromatic carbocycles. The predicted octanol–water partition coefficient (Wildman–Crippen LogP) is 3.59. The molecule has 0 unspecified atom stereocenters. The maximum Gasteiger partial charge on any atom is 0.255 e. The second kappa shape index (κ2) is 8.71. The van der Waals surface area contributed by atoms with E-state index in [-0.39, 0.29) is 11.7 Å². The second-order valence-electron chi connectivity index (χ2n) is 5.14. The summed E-state index contributed by atoms with van der Waals surface area (Å²) in [6.45, 7) is 0.397. The third-order valence-electron chi connectivity index (χ3n) is 3.63. The van der Waals surface area contributed by atoms with E-state index in [2.05, 4.69) is 21.2 Å². The lowest BCUT2D eigenvalue weighted by molar-refractivity contribution is 0.0950. The highest BCUT2D eigenvalue weighted by Crippen LogP contribution is 2.39. The van der Waals surface area contributed by atoms with Crippen molar-refractivity contribution in [3.8, 4) is 17.2 Å². The van der Waals surface area contributed by atoms with Gasteiger partial charge < -0.3 is 19.5 Å².